The van der Waals surface area contributed by atoms with Crippen molar-refractivity contribution in [3.63, 3.8) is 0 Å². The molecule has 0 spiro atoms. The molecule has 0 atom stereocenters. The number of anilines is 1. The zero-order valence-electron chi connectivity index (χ0n) is 18.0. The topological polar surface area (TPSA) is 84.9 Å². The van der Waals surface area contributed by atoms with Gasteiger partial charge in [-0.1, -0.05) is 41.9 Å². The molecule has 172 valence electrons. The molecule has 7 nitrogen and oxygen atoms in total. The number of morpholine rings is 1. The molecule has 1 N–H and O–H groups in total. The van der Waals surface area contributed by atoms with Gasteiger partial charge >= 0.3 is 0 Å². The van der Waals surface area contributed by atoms with Gasteiger partial charge in [-0.05, 0) is 48.9 Å². The van der Waals surface area contributed by atoms with Crippen LogP contribution in [0, 0.1) is 6.92 Å². The Balaban J connectivity index is 1.60. The normalized spacial score (nSPS) is 14.6. The van der Waals surface area contributed by atoms with E-state index in [1.54, 1.807) is 61.5 Å². The number of sulfonamides is 1. The lowest BCUT2D eigenvalue weighted by Gasteiger charge is -2.26. The molecule has 4 rings (SSSR count). The summed E-state index contributed by atoms with van der Waals surface area (Å²) in [6.45, 7) is 3.02. The van der Waals surface area contributed by atoms with E-state index in [0.29, 0.717) is 41.0 Å². The number of carbonyl (C=O) groups is 1. The van der Waals surface area contributed by atoms with Crippen LogP contribution in [0.15, 0.2) is 71.6 Å². The van der Waals surface area contributed by atoms with E-state index in [4.69, 9.17) is 21.1 Å². The number of halogens is 1. The van der Waals surface area contributed by atoms with Crippen LogP contribution < -0.4 is 10.1 Å². The molecule has 0 bridgehead atoms. The highest BCUT2D eigenvalue weighted by molar-refractivity contribution is 7.89. The fourth-order valence-corrected chi connectivity index (χ4v) is 5.05. The van der Waals surface area contributed by atoms with Gasteiger partial charge in [-0.25, -0.2) is 8.42 Å². The largest absolute Gasteiger partial charge is 0.454 e. The first kappa shape index (κ1) is 23.3. The molecule has 1 aliphatic rings. The summed E-state index contributed by atoms with van der Waals surface area (Å²) < 4.78 is 38.6. The van der Waals surface area contributed by atoms with Gasteiger partial charge in [0, 0.05) is 18.7 Å². The molecule has 0 saturated carbocycles. The lowest BCUT2D eigenvalue weighted by atomic mass is 10.1. The van der Waals surface area contributed by atoms with Gasteiger partial charge < -0.3 is 14.8 Å². The summed E-state index contributed by atoms with van der Waals surface area (Å²) in [7, 11) is -3.73. The van der Waals surface area contributed by atoms with E-state index in [1.807, 2.05) is 0 Å². The molecule has 0 aliphatic carbocycles. The summed E-state index contributed by atoms with van der Waals surface area (Å²) in [5, 5.41) is 3.27. The third-order valence-corrected chi connectivity index (χ3v) is 7.46. The molecule has 33 heavy (non-hydrogen) atoms. The molecule has 3 aromatic carbocycles. The minimum atomic E-state index is -3.73. The second-order valence-corrected chi connectivity index (χ2v) is 9.82. The summed E-state index contributed by atoms with van der Waals surface area (Å²) in [6, 6.07) is 18.6. The Bertz CT molecular complexity index is 1270. The molecule has 0 radical (unpaired) electrons. The summed E-state index contributed by atoms with van der Waals surface area (Å²) >= 11 is 6.19. The first-order chi connectivity index (χ1) is 15.9. The van der Waals surface area contributed by atoms with Crippen molar-refractivity contribution in [1.29, 1.82) is 0 Å². The standard InChI is InChI=1S/C24H23ClN2O5S/c1-17-10-11-18(33(29,30)27-12-14-31-15-13-27)16-19(17)24(28)26-21-7-3-5-9-23(21)32-22-8-4-2-6-20(22)25/h2-11,16H,12-15H2,1H3,(H,26,28). The van der Waals surface area contributed by atoms with E-state index in [2.05, 4.69) is 5.32 Å². The van der Waals surface area contributed by atoms with Crippen LogP contribution in [0.3, 0.4) is 0 Å². The average Bonchev–Trinajstić information content (AvgIpc) is 2.82. The summed E-state index contributed by atoms with van der Waals surface area (Å²) in [6.07, 6.45) is 0. The maximum Gasteiger partial charge on any atom is 0.256 e. The van der Waals surface area contributed by atoms with Gasteiger partial charge in [0.1, 0.15) is 5.75 Å². The molecule has 0 unspecified atom stereocenters. The van der Waals surface area contributed by atoms with Crippen molar-refractivity contribution in [1.82, 2.24) is 4.31 Å². The number of nitrogens with zero attached hydrogens (tertiary/aromatic N) is 1. The number of hydrogen-bond acceptors (Lipinski definition) is 5. The number of carbonyl (C=O) groups excluding carboxylic acids is 1. The maximum absolute atomic E-state index is 13.1. The summed E-state index contributed by atoms with van der Waals surface area (Å²) in [4.78, 5) is 13.2. The molecule has 1 fully saturated rings. The zero-order valence-corrected chi connectivity index (χ0v) is 19.5. The monoisotopic (exact) mass is 486 g/mol. The highest BCUT2D eigenvalue weighted by Gasteiger charge is 2.27. The van der Waals surface area contributed by atoms with Crippen LogP contribution in [0.25, 0.3) is 0 Å². The molecule has 1 saturated heterocycles. The van der Waals surface area contributed by atoms with Crippen molar-refractivity contribution in [2.24, 2.45) is 0 Å². The molecule has 9 heteroatoms. The molecule has 1 aliphatic heterocycles. The number of benzene rings is 3. The smallest absolute Gasteiger partial charge is 0.256 e. The Labute approximate surface area is 197 Å². The molecule has 1 heterocycles. The van der Waals surface area contributed by atoms with Crippen molar-refractivity contribution in [2.45, 2.75) is 11.8 Å². The number of nitrogens with one attached hydrogen (secondary N) is 1. The van der Waals surface area contributed by atoms with Gasteiger partial charge in [0.2, 0.25) is 10.0 Å². The number of para-hydroxylation sites is 3. The average molecular weight is 487 g/mol. The molecule has 0 aromatic heterocycles. The van der Waals surface area contributed by atoms with Gasteiger partial charge in [-0.3, -0.25) is 4.79 Å². The van der Waals surface area contributed by atoms with Crippen LogP contribution in [0.4, 0.5) is 5.69 Å². The number of aryl methyl sites for hydroxylation is 1. The van der Waals surface area contributed by atoms with E-state index in [1.165, 1.54) is 16.4 Å². The van der Waals surface area contributed by atoms with Crippen LogP contribution >= 0.6 is 11.6 Å². The van der Waals surface area contributed by atoms with Crippen LogP contribution in [0.5, 0.6) is 11.5 Å². The molecular formula is C24H23ClN2O5S. The van der Waals surface area contributed by atoms with Gasteiger partial charge in [-0.2, -0.15) is 4.31 Å². The van der Waals surface area contributed by atoms with E-state index in [0.717, 1.165) is 0 Å². The van der Waals surface area contributed by atoms with Crippen molar-refractivity contribution < 1.29 is 22.7 Å². The van der Waals surface area contributed by atoms with Crippen molar-refractivity contribution in [3.05, 3.63) is 82.9 Å². The Morgan fingerprint density at radius 3 is 2.39 bits per heavy atom. The Kier molecular flexibility index (Phi) is 6.99. The number of ether oxygens (including phenoxy) is 2. The van der Waals surface area contributed by atoms with E-state index in [-0.39, 0.29) is 23.5 Å². The second kappa shape index (κ2) is 9.93. The first-order valence-electron chi connectivity index (χ1n) is 10.4. The van der Waals surface area contributed by atoms with E-state index in [9.17, 15) is 13.2 Å². The first-order valence-corrected chi connectivity index (χ1v) is 12.2. The number of rotatable bonds is 6. The fraction of sp³-hybridized carbons (Fsp3) is 0.208. The van der Waals surface area contributed by atoms with Crippen LogP contribution in [0.1, 0.15) is 15.9 Å². The third-order valence-electron chi connectivity index (χ3n) is 5.25. The van der Waals surface area contributed by atoms with E-state index < -0.39 is 15.9 Å². The van der Waals surface area contributed by atoms with Crippen molar-refractivity contribution in [3.8, 4) is 11.5 Å². The highest BCUT2D eigenvalue weighted by atomic mass is 35.5. The summed E-state index contributed by atoms with van der Waals surface area (Å²) in [5.74, 6) is 0.422. The van der Waals surface area contributed by atoms with Gasteiger partial charge in [-0.15, -0.1) is 0 Å². The Morgan fingerprint density at radius 2 is 1.67 bits per heavy atom. The van der Waals surface area contributed by atoms with Crippen LogP contribution in [-0.2, 0) is 14.8 Å². The van der Waals surface area contributed by atoms with Crippen molar-refractivity contribution in [2.75, 3.05) is 31.6 Å². The van der Waals surface area contributed by atoms with Gasteiger partial charge in [0.15, 0.2) is 5.75 Å². The molecular weight excluding hydrogens is 464 g/mol. The van der Waals surface area contributed by atoms with Crippen molar-refractivity contribution >= 4 is 33.2 Å². The third kappa shape index (κ3) is 5.20. The van der Waals surface area contributed by atoms with Gasteiger partial charge in [0.25, 0.3) is 5.91 Å². The van der Waals surface area contributed by atoms with Crippen LogP contribution in [0.2, 0.25) is 5.02 Å². The molecule has 3 aromatic rings. The Morgan fingerprint density at radius 1 is 1.00 bits per heavy atom. The zero-order chi connectivity index (χ0) is 23.4. The van der Waals surface area contributed by atoms with Crippen LogP contribution in [-0.4, -0.2) is 44.9 Å². The lowest BCUT2D eigenvalue weighted by Crippen LogP contribution is -2.40. The minimum absolute atomic E-state index is 0.0701. The number of hydrogen-bond donors (Lipinski definition) is 1. The minimum Gasteiger partial charge on any atom is -0.454 e. The quantitative estimate of drug-likeness (QED) is 0.545. The predicted octanol–water partition coefficient (Wildman–Crippen LogP) is 4.71. The maximum atomic E-state index is 13.1. The van der Waals surface area contributed by atoms with Gasteiger partial charge in [0.05, 0.1) is 28.8 Å². The molecule has 1 amide bonds. The Hall–Kier alpha value is -2.91. The highest BCUT2D eigenvalue weighted by Crippen LogP contribution is 2.33. The lowest BCUT2D eigenvalue weighted by molar-refractivity contribution is 0.0730. The van der Waals surface area contributed by atoms with E-state index >= 15 is 0 Å². The number of amides is 1. The summed E-state index contributed by atoms with van der Waals surface area (Å²) in [5.41, 5.74) is 1.35. The predicted molar refractivity (Wildman–Crippen MR) is 127 cm³/mol. The SMILES string of the molecule is Cc1ccc(S(=O)(=O)N2CCOCC2)cc1C(=O)Nc1ccccc1Oc1ccccc1Cl. The second-order valence-electron chi connectivity index (χ2n) is 7.48. The fourth-order valence-electron chi connectivity index (χ4n) is 3.44.